The first-order valence-corrected chi connectivity index (χ1v) is 15.5. The van der Waals surface area contributed by atoms with E-state index in [9.17, 15) is 49.8 Å². The van der Waals surface area contributed by atoms with Gasteiger partial charge in [-0.2, -0.15) is 0 Å². The van der Waals surface area contributed by atoms with Crippen molar-refractivity contribution in [3.8, 4) is 11.5 Å². The van der Waals surface area contributed by atoms with Crippen molar-refractivity contribution in [1.29, 1.82) is 0 Å². The third kappa shape index (κ3) is 10.3. The maximum Gasteiger partial charge on any atom is 0.331 e. The molecule has 6 N–H and O–H groups in total. The summed E-state index contributed by atoms with van der Waals surface area (Å²) >= 11 is 0. The third-order valence-corrected chi connectivity index (χ3v) is 7.64. The van der Waals surface area contributed by atoms with Gasteiger partial charge in [0.05, 0.1) is 6.61 Å². The standard InChI is InChI=1S/C34H38O17/c1-18(36)46-17-34(51-33-31(47-19(2)37)30(44)28(42)24(15-35)48-33)32(49-27(41)14-8-21-5-11-23(39)12-6-21)29(43)25(50-34)16-45-26(40)13-7-20-3-9-22(38)10-4-20/h3-14,24-25,28-33,35,38-39,42-44H,15-17H2,1-2H3/b13-7+,14-8+/t24-,25-,28-,29-,30+,31-,32+,33-,34+/m1/s1. The zero-order chi connectivity index (χ0) is 37.3. The molecule has 2 aliphatic rings. The maximum atomic E-state index is 13.1. The minimum atomic E-state index is -2.52. The van der Waals surface area contributed by atoms with Gasteiger partial charge < -0.3 is 63.8 Å². The molecular formula is C34H38O17. The highest BCUT2D eigenvalue weighted by molar-refractivity contribution is 5.87. The van der Waals surface area contributed by atoms with Crippen LogP contribution in [0.15, 0.2) is 60.7 Å². The quantitative estimate of drug-likeness (QED) is 0.0882. The summed E-state index contributed by atoms with van der Waals surface area (Å²) in [6.07, 6.45) is -9.41. The topological polar surface area (TPSA) is 254 Å². The largest absolute Gasteiger partial charge is 0.508 e. The molecule has 17 heteroatoms. The third-order valence-electron chi connectivity index (χ3n) is 7.64. The Bertz CT molecular complexity index is 1570. The Morgan fingerprint density at radius 2 is 1.31 bits per heavy atom. The van der Waals surface area contributed by atoms with Crippen LogP contribution in [0.4, 0.5) is 0 Å². The van der Waals surface area contributed by atoms with Crippen LogP contribution in [0.3, 0.4) is 0 Å². The number of aliphatic hydroxyl groups excluding tert-OH is 4. The lowest BCUT2D eigenvalue weighted by Crippen LogP contribution is -2.64. The van der Waals surface area contributed by atoms with E-state index in [1.54, 1.807) is 0 Å². The van der Waals surface area contributed by atoms with Crippen molar-refractivity contribution in [3.63, 3.8) is 0 Å². The zero-order valence-electron chi connectivity index (χ0n) is 27.3. The Morgan fingerprint density at radius 3 is 1.84 bits per heavy atom. The molecule has 2 aromatic rings. The summed E-state index contributed by atoms with van der Waals surface area (Å²) in [7, 11) is 0. The van der Waals surface area contributed by atoms with Crippen LogP contribution in [-0.4, -0.2) is 129 Å². The molecule has 2 aromatic carbocycles. The molecule has 0 aliphatic carbocycles. The van der Waals surface area contributed by atoms with E-state index in [2.05, 4.69) is 0 Å². The Hall–Kier alpha value is -4.88. The number of hydrogen-bond acceptors (Lipinski definition) is 17. The van der Waals surface area contributed by atoms with Gasteiger partial charge in [-0.25, -0.2) is 9.59 Å². The molecule has 0 spiro atoms. The Labute approximate surface area is 290 Å². The van der Waals surface area contributed by atoms with E-state index < -0.39 is 98.5 Å². The monoisotopic (exact) mass is 718 g/mol. The zero-order valence-corrected chi connectivity index (χ0v) is 27.3. The maximum absolute atomic E-state index is 13.1. The van der Waals surface area contributed by atoms with Crippen molar-refractivity contribution >= 4 is 36.0 Å². The van der Waals surface area contributed by atoms with E-state index in [-0.39, 0.29) is 11.5 Å². The van der Waals surface area contributed by atoms with Crippen molar-refractivity contribution in [2.24, 2.45) is 0 Å². The SMILES string of the molecule is CC(=O)OC[C@@]1(O[C@H]2O[C@H](CO)[C@@H](O)[C@H](O)[C@H]2OC(C)=O)O[C@H](COC(=O)/C=C/c2ccc(O)cc2)[C@@H](O)[C@@H]1OC(=O)/C=C/c1ccc(O)cc1. The molecule has 17 nitrogen and oxygen atoms in total. The number of aliphatic hydroxyl groups is 4. The molecule has 2 heterocycles. The van der Waals surface area contributed by atoms with E-state index in [0.717, 1.165) is 26.0 Å². The van der Waals surface area contributed by atoms with Gasteiger partial charge in [0, 0.05) is 26.0 Å². The van der Waals surface area contributed by atoms with Crippen molar-refractivity contribution in [3.05, 3.63) is 71.8 Å². The average molecular weight is 719 g/mol. The molecule has 0 saturated carbocycles. The highest BCUT2D eigenvalue weighted by atomic mass is 16.8. The first-order chi connectivity index (χ1) is 24.2. The molecule has 0 aromatic heterocycles. The number of benzene rings is 2. The van der Waals surface area contributed by atoms with Crippen LogP contribution in [0.2, 0.25) is 0 Å². The van der Waals surface area contributed by atoms with E-state index in [0.29, 0.717) is 11.1 Å². The van der Waals surface area contributed by atoms with Crippen LogP contribution in [0.25, 0.3) is 12.2 Å². The number of carbonyl (C=O) groups is 4. The van der Waals surface area contributed by atoms with Gasteiger partial charge in [-0.1, -0.05) is 24.3 Å². The fourth-order valence-electron chi connectivity index (χ4n) is 5.13. The molecule has 2 saturated heterocycles. The minimum absolute atomic E-state index is 0.0167. The number of rotatable bonds is 13. The van der Waals surface area contributed by atoms with Gasteiger partial charge in [-0.3, -0.25) is 9.59 Å². The van der Waals surface area contributed by atoms with Gasteiger partial charge in [0.25, 0.3) is 0 Å². The molecule has 0 radical (unpaired) electrons. The second-order valence-corrected chi connectivity index (χ2v) is 11.5. The molecule has 9 atom stereocenters. The van der Waals surface area contributed by atoms with Crippen LogP contribution in [0.1, 0.15) is 25.0 Å². The fourth-order valence-corrected chi connectivity index (χ4v) is 5.13. The number of aromatic hydroxyl groups is 2. The van der Waals surface area contributed by atoms with Gasteiger partial charge in [-0.15, -0.1) is 0 Å². The van der Waals surface area contributed by atoms with Crippen molar-refractivity contribution in [1.82, 2.24) is 0 Å². The first-order valence-electron chi connectivity index (χ1n) is 15.5. The lowest BCUT2D eigenvalue weighted by molar-refractivity contribution is -0.384. The molecule has 0 amide bonds. The number of ether oxygens (including phenoxy) is 7. The Morgan fingerprint density at radius 1 is 0.745 bits per heavy atom. The number of esters is 4. The second-order valence-electron chi connectivity index (χ2n) is 11.5. The van der Waals surface area contributed by atoms with Crippen LogP contribution >= 0.6 is 0 Å². The summed E-state index contributed by atoms with van der Waals surface area (Å²) in [5.74, 6) is -6.32. The lowest BCUT2D eigenvalue weighted by atomic mass is 9.98. The smallest absolute Gasteiger partial charge is 0.331 e. The molecule has 0 bridgehead atoms. The summed E-state index contributed by atoms with van der Waals surface area (Å²) in [6.45, 7) is -0.422. The second kappa shape index (κ2) is 17.4. The van der Waals surface area contributed by atoms with Crippen LogP contribution in [-0.2, 0) is 52.3 Å². The highest BCUT2D eigenvalue weighted by Gasteiger charge is 2.62. The van der Waals surface area contributed by atoms with Gasteiger partial charge in [0.1, 0.15) is 55.2 Å². The van der Waals surface area contributed by atoms with Gasteiger partial charge in [-0.05, 0) is 47.5 Å². The molecule has 0 unspecified atom stereocenters. The van der Waals surface area contributed by atoms with Crippen LogP contribution < -0.4 is 0 Å². The van der Waals surface area contributed by atoms with E-state index in [1.807, 2.05) is 0 Å². The summed E-state index contributed by atoms with van der Waals surface area (Å²) in [6, 6.07) is 11.6. The number of carbonyl (C=O) groups excluding carboxylic acids is 4. The summed E-state index contributed by atoms with van der Waals surface area (Å²) in [5.41, 5.74) is 1.02. The summed E-state index contributed by atoms with van der Waals surface area (Å²) < 4.78 is 38.7. The van der Waals surface area contributed by atoms with Gasteiger partial charge in [0.15, 0.2) is 12.2 Å². The fraction of sp³-hybridized carbons (Fsp3) is 0.412. The predicted molar refractivity (Wildman–Crippen MR) is 170 cm³/mol. The number of hydrogen-bond donors (Lipinski definition) is 6. The molecule has 51 heavy (non-hydrogen) atoms. The first kappa shape index (κ1) is 38.9. The normalized spacial score (nSPS) is 29.1. The lowest BCUT2D eigenvalue weighted by Gasteiger charge is -2.44. The van der Waals surface area contributed by atoms with E-state index in [1.165, 1.54) is 60.7 Å². The predicted octanol–water partition coefficient (Wildman–Crippen LogP) is -0.314. The molecular weight excluding hydrogens is 680 g/mol. The average Bonchev–Trinajstić information content (AvgIpc) is 3.34. The van der Waals surface area contributed by atoms with E-state index >= 15 is 0 Å². The minimum Gasteiger partial charge on any atom is -0.508 e. The highest BCUT2D eigenvalue weighted by Crippen LogP contribution is 2.39. The molecule has 2 aliphatic heterocycles. The molecule has 276 valence electrons. The molecule has 2 fully saturated rings. The Balaban J connectivity index is 1.65. The van der Waals surface area contributed by atoms with Crippen LogP contribution in [0, 0.1) is 0 Å². The number of phenols is 2. The van der Waals surface area contributed by atoms with E-state index in [4.69, 9.17) is 33.2 Å². The van der Waals surface area contributed by atoms with Crippen molar-refractivity contribution in [2.45, 2.75) is 68.7 Å². The van der Waals surface area contributed by atoms with Crippen molar-refractivity contribution in [2.75, 3.05) is 19.8 Å². The summed E-state index contributed by atoms with van der Waals surface area (Å²) in [5, 5.41) is 61.4. The van der Waals surface area contributed by atoms with Gasteiger partial charge in [0.2, 0.25) is 12.1 Å². The van der Waals surface area contributed by atoms with Crippen molar-refractivity contribution < 1.29 is 83.0 Å². The molecule has 4 rings (SSSR count). The summed E-state index contributed by atoms with van der Waals surface area (Å²) in [4.78, 5) is 49.6. The Kier molecular flexibility index (Phi) is 13.2. The van der Waals surface area contributed by atoms with Gasteiger partial charge >= 0.3 is 23.9 Å². The number of phenolic OH excluding ortho intramolecular Hbond substituents is 2. The van der Waals surface area contributed by atoms with Crippen LogP contribution in [0.5, 0.6) is 11.5 Å².